The van der Waals surface area contributed by atoms with Gasteiger partial charge in [-0.05, 0) is 52.4 Å². The lowest BCUT2D eigenvalue weighted by atomic mass is 9.80. The van der Waals surface area contributed by atoms with Gasteiger partial charge in [0.25, 0.3) is 0 Å². The highest BCUT2D eigenvalue weighted by molar-refractivity contribution is 6.03. The summed E-state index contributed by atoms with van der Waals surface area (Å²) in [6, 6.07) is 0. The molecule has 1 aliphatic carbocycles. The molecule has 0 fully saturated rings. The van der Waals surface area contributed by atoms with Crippen molar-refractivity contribution in [2.75, 3.05) is 6.61 Å². The molecule has 0 N–H and O–H groups in total. The first-order valence-corrected chi connectivity index (χ1v) is 8.61. The van der Waals surface area contributed by atoms with Crippen molar-refractivity contribution < 1.29 is 14.3 Å². The van der Waals surface area contributed by atoms with Gasteiger partial charge < -0.3 is 4.74 Å². The molecule has 124 valence electrons. The van der Waals surface area contributed by atoms with Gasteiger partial charge in [0, 0.05) is 6.42 Å². The van der Waals surface area contributed by atoms with E-state index in [0.717, 1.165) is 12.8 Å². The second-order valence-corrected chi connectivity index (χ2v) is 6.15. The summed E-state index contributed by atoms with van der Waals surface area (Å²) in [6.07, 6.45) is 16.8. The van der Waals surface area contributed by atoms with Crippen LogP contribution in [0.5, 0.6) is 0 Å². The summed E-state index contributed by atoms with van der Waals surface area (Å²) in [5.41, 5.74) is -1.04. The van der Waals surface area contributed by atoms with Crippen molar-refractivity contribution >= 4 is 11.8 Å². The Balaban J connectivity index is 2.79. The van der Waals surface area contributed by atoms with Gasteiger partial charge in [0.05, 0.1) is 6.61 Å². The molecule has 0 saturated carbocycles. The lowest BCUT2D eigenvalue weighted by Gasteiger charge is -2.24. The minimum Gasteiger partial charge on any atom is -0.465 e. The van der Waals surface area contributed by atoms with Crippen LogP contribution >= 0.6 is 0 Å². The van der Waals surface area contributed by atoms with E-state index in [1.165, 1.54) is 25.7 Å². The summed E-state index contributed by atoms with van der Waals surface area (Å²) >= 11 is 0. The molecule has 0 bridgehead atoms. The third-order valence-corrected chi connectivity index (χ3v) is 4.23. The van der Waals surface area contributed by atoms with Gasteiger partial charge in [0.2, 0.25) is 0 Å². The molecule has 0 amide bonds. The van der Waals surface area contributed by atoms with Crippen LogP contribution in [0.3, 0.4) is 0 Å². The molecule has 1 aliphatic rings. The quantitative estimate of drug-likeness (QED) is 0.419. The Labute approximate surface area is 134 Å². The van der Waals surface area contributed by atoms with Crippen LogP contribution in [0.1, 0.15) is 71.6 Å². The van der Waals surface area contributed by atoms with Crippen LogP contribution in [0.4, 0.5) is 0 Å². The highest BCUT2D eigenvalue weighted by Gasteiger charge is 2.40. The Bertz CT molecular complexity index is 409. The first kappa shape index (κ1) is 18.7. The van der Waals surface area contributed by atoms with Crippen molar-refractivity contribution in [3.63, 3.8) is 0 Å². The van der Waals surface area contributed by atoms with Gasteiger partial charge in [-0.2, -0.15) is 0 Å². The standard InChI is InChI=1S/C19H30O3/c1-3-22-18(21)19(2)16-14-12-10-8-6-4-5-7-9-11-13-15-17(19)20/h9,11-12,14H,3-8,10,13,15-16H2,1-2H3/b11-9+,14-12+. The number of ether oxygens (including phenoxy) is 1. The fraction of sp³-hybridized carbons (Fsp3) is 0.684. The minimum absolute atomic E-state index is 0.0184. The average Bonchev–Trinajstić information content (AvgIpc) is 2.51. The van der Waals surface area contributed by atoms with E-state index in [-0.39, 0.29) is 5.78 Å². The van der Waals surface area contributed by atoms with Crippen LogP contribution in [-0.2, 0) is 14.3 Å². The van der Waals surface area contributed by atoms with E-state index in [1.807, 2.05) is 6.08 Å². The lowest BCUT2D eigenvalue weighted by Crippen LogP contribution is -2.37. The molecule has 0 saturated heterocycles. The predicted molar refractivity (Wildman–Crippen MR) is 89.6 cm³/mol. The van der Waals surface area contributed by atoms with Crippen molar-refractivity contribution in [1.82, 2.24) is 0 Å². The molecular weight excluding hydrogens is 276 g/mol. The van der Waals surface area contributed by atoms with Crippen LogP contribution in [0.2, 0.25) is 0 Å². The van der Waals surface area contributed by atoms with Crippen molar-refractivity contribution in [2.24, 2.45) is 5.41 Å². The number of carbonyl (C=O) groups excluding carboxylic acids is 2. The predicted octanol–water partition coefficient (Wildman–Crippen LogP) is 4.76. The van der Waals surface area contributed by atoms with E-state index in [0.29, 0.717) is 25.9 Å². The van der Waals surface area contributed by atoms with Gasteiger partial charge in [0.1, 0.15) is 5.41 Å². The zero-order valence-corrected chi connectivity index (χ0v) is 14.1. The smallest absolute Gasteiger partial charge is 0.319 e. The number of Topliss-reactive ketones (excluding diaryl/α,β-unsaturated/α-hetero) is 1. The van der Waals surface area contributed by atoms with E-state index in [4.69, 9.17) is 4.74 Å². The summed E-state index contributed by atoms with van der Waals surface area (Å²) in [5, 5.41) is 0. The maximum atomic E-state index is 12.5. The molecule has 1 unspecified atom stereocenters. The Kier molecular flexibility index (Phi) is 8.79. The third kappa shape index (κ3) is 6.17. The van der Waals surface area contributed by atoms with E-state index in [2.05, 4.69) is 18.2 Å². The van der Waals surface area contributed by atoms with E-state index in [1.54, 1.807) is 13.8 Å². The number of allylic oxidation sites excluding steroid dienone is 4. The third-order valence-electron chi connectivity index (χ3n) is 4.23. The molecule has 1 atom stereocenters. The van der Waals surface area contributed by atoms with Gasteiger partial charge in [-0.25, -0.2) is 0 Å². The molecule has 0 aliphatic heterocycles. The molecule has 0 spiro atoms. The van der Waals surface area contributed by atoms with E-state index >= 15 is 0 Å². The highest BCUT2D eigenvalue weighted by atomic mass is 16.5. The summed E-state index contributed by atoms with van der Waals surface area (Å²) in [7, 11) is 0. The normalized spacial score (nSPS) is 28.2. The molecule has 3 nitrogen and oxygen atoms in total. The molecule has 22 heavy (non-hydrogen) atoms. The fourth-order valence-electron chi connectivity index (χ4n) is 2.64. The number of carbonyl (C=O) groups is 2. The number of ketones is 1. The zero-order valence-electron chi connectivity index (χ0n) is 14.1. The SMILES string of the molecule is CCOC(=O)C1(C)C/C=C/CCCCCC/C=C/CCC1=O. The minimum atomic E-state index is -1.04. The highest BCUT2D eigenvalue weighted by Crippen LogP contribution is 2.28. The fourth-order valence-corrected chi connectivity index (χ4v) is 2.64. The van der Waals surface area contributed by atoms with E-state index < -0.39 is 11.4 Å². The number of rotatable bonds is 2. The molecule has 0 aromatic heterocycles. The largest absolute Gasteiger partial charge is 0.465 e. The summed E-state index contributed by atoms with van der Waals surface area (Å²) in [5.74, 6) is -0.409. The Morgan fingerprint density at radius 3 is 2.27 bits per heavy atom. The van der Waals surface area contributed by atoms with Gasteiger partial charge in [-0.15, -0.1) is 0 Å². The van der Waals surface area contributed by atoms with Gasteiger partial charge >= 0.3 is 5.97 Å². The zero-order chi connectivity index (χ0) is 16.3. The second-order valence-electron chi connectivity index (χ2n) is 6.15. The van der Waals surface area contributed by atoms with Gasteiger partial charge in [-0.3, -0.25) is 9.59 Å². The van der Waals surface area contributed by atoms with Gasteiger partial charge in [0.15, 0.2) is 5.78 Å². The van der Waals surface area contributed by atoms with Crippen LogP contribution < -0.4 is 0 Å². The maximum absolute atomic E-state index is 12.5. The molecule has 0 radical (unpaired) electrons. The van der Waals surface area contributed by atoms with Crippen molar-refractivity contribution in [3.05, 3.63) is 24.3 Å². The first-order chi connectivity index (χ1) is 10.6. The van der Waals surface area contributed by atoms with Gasteiger partial charge in [-0.1, -0.05) is 37.1 Å². The summed E-state index contributed by atoms with van der Waals surface area (Å²) in [6.45, 7) is 3.81. The summed E-state index contributed by atoms with van der Waals surface area (Å²) in [4.78, 5) is 24.8. The van der Waals surface area contributed by atoms with Crippen LogP contribution in [-0.4, -0.2) is 18.4 Å². The van der Waals surface area contributed by atoms with Crippen molar-refractivity contribution in [3.8, 4) is 0 Å². The molecule has 0 aromatic rings. The Hall–Kier alpha value is -1.38. The topological polar surface area (TPSA) is 43.4 Å². The van der Waals surface area contributed by atoms with Crippen molar-refractivity contribution in [2.45, 2.75) is 71.6 Å². The number of hydrogen-bond acceptors (Lipinski definition) is 3. The monoisotopic (exact) mass is 306 g/mol. The maximum Gasteiger partial charge on any atom is 0.319 e. The molecule has 0 aromatic carbocycles. The summed E-state index contributed by atoms with van der Waals surface area (Å²) < 4.78 is 5.13. The first-order valence-electron chi connectivity index (χ1n) is 8.61. The molecule has 3 heteroatoms. The van der Waals surface area contributed by atoms with E-state index in [9.17, 15) is 9.59 Å². The number of esters is 1. The lowest BCUT2D eigenvalue weighted by molar-refractivity contribution is -0.158. The molecule has 0 heterocycles. The van der Waals surface area contributed by atoms with Crippen molar-refractivity contribution in [1.29, 1.82) is 0 Å². The number of hydrogen-bond donors (Lipinski definition) is 0. The Morgan fingerprint density at radius 2 is 1.64 bits per heavy atom. The van der Waals surface area contributed by atoms with Crippen LogP contribution in [0, 0.1) is 5.41 Å². The molecular formula is C19H30O3. The average molecular weight is 306 g/mol. The second kappa shape index (κ2) is 10.4. The molecule has 1 rings (SSSR count). The van der Waals surface area contributed by atoms with Crippen LogP contribution in [0.25, 0.3) is 0 Å². The Morgan fingerprint density at radius 1 is 1.05 bits per heavy atom. The van der Waals surface area contributed by atoms with Crippen LogP contribution in [0.15, 0.2) is 24.3 Å².